The van der Waals surface area contributed by atoms with Crippen molar-refractivity contribution in [1.29, 1.82) is 0 Å². The molecule has 0 spiro atoms. The molecule has 0 fully saturated rings. The average Bonchev–Trinajstić information content (AvgIpc) is 2.65. The van der Waals surface area contributed by atoms with Gasteiger partial charge in [-0.05, 0) is 18.4 Å². The van der Waals surface area contributed by atoms with Crippen molar-refractivity contribution < 1.29 is 14.3 Å². The van der Waals surface area contributed by atoms with Gasteiger partial charge in [0.1, 0.15) is 6.42 Å². The Balaban J connectivity index is 2.76. The Morgan fingerprint density at radius 1 is 1.53 bits per heavy atom. The fraction of sp³-hybridized carbons (Fsp3) is 0.273. The first-order valence-corrected chi connectivity index (χ1v) is 5.17. The van der Waals surface area contributed by atoms with Gasteiger partial charge >= 0.3 is 5.97 Å². The first-order chi connectivity index (χ1) is 7.15. The van der Waals surface area contributed by atoms with Crippen molar-refractivity contribution in [3.05, 3.63) is 21.9 Å². The van der Waals surface area contributed by atoms with Gasteiger partial charge < -0.3 is 4.74 Å². The lowest BCUT2D eigenvalue weighted by Crippen LogP contribution is -1.97. The number of esters is 1. The molecule has 0 unspecified atom stereocenters. The monoisotopic (exact) mass is 222 g/mol. The van der Waals surface area contributed by atoms with Crippen LogP contribution in [0.3, 0.4) is 0 Å². The van der Waals surface area contributed by atoms with E-state index in [4.69, 9.17) is 0 Å². The summed E-state index contributed by atoms with van der Waals surface area (Å²) in [6, 6.07) is 1.77. The van der Waals surface area contributed by atoms with Crippen molar-refractivity contribution in [2.75, 3.05) is 7.11 Å². The molecule has 0 amide bonds. The summed E-state index contributed by atoms with van der Waals surface area (Å²) < 4.78 is 4.44. The third-order valence-corrected chi connectivity index (χ3v) is 2.68. The number of hydrogen-bond donors (Lipinski definition) is 0. The number of methoxy groups -OCH3 is 1. The first kappa shape index (κ1) is 11.5. The molecule has 0 bridgehead atoms. The van der Waals surface area contributed by atoms with Crippen LogP contribution >= 0.6 is 11.3 Å². The quantitative estimate of drug-likeness (QED) is 0.436. The number of carbonyl (C=O) groups is 2. The molecule has 78 valence electrons. The van der Waals surface area contributed by atoms with E-state index < -0.39 is 0 Å². The van der Waals surface area contributed by atoms with Gasteiger partial charge in [-0.25, -0.2) is 0 Å². The zero-order chi connectivity index (χ0) is 11.3. The highest BCUT2D eigenvalue weighted by Gasteiger charge is 2.05. The summed E-state index contributed by atoms with van der Waals surface area (Å²) in [4.78, 5) is 22.5. The summed E-state index contributed by atoms with van der Waals surface area (Å²) in [5, 5.41) is 1.80. The first-order valence-electron chi connectivity index (χ1n) is 4.29. The van der Waals surface area contributed by atoms with Crippen LogP contribution in [0.4, 0.5) is 0 Å². The minimum atomic E-state index is -0.373. The molecular weight excluding hydrogens is 212 g/mol. The highest BCUT2D eigenvalue weighted by molar-refractivity contribution is 7.12. The van der Waals surface area contributed by atoms with Gasteiger partial charge in [-0.3, -0.25) is 9.59 Å². The normalized spacial score (nSPS) is 8.93. The summed E-state index contributed by atoms with van der Waals surface area (Å²) in [5.74, 6) is 5.06. The molecule has 0 radical (unpaired) electrons. The van der Waals surface area contributed by atoms with Crippen molar-refractivity contribution in [3.8, 4) is 11.8 Å². The predicted molar refractivity (Wildman–Crippen MR) is 57.8 cm³/mol. The lowest BCUT2D eigenvalue weighted by Gasteiger charge is -1.90. The molecule has 0 saturated heterocycles. The largest absolute Gasteiger partial charge is 0.468 e. The lowest BCUT2D eigenvalue weighted by atomic mass is 10.2. The molecule has 0 aliphatic heterocycles. The van der Waals surface area contributed by atoms with Crippen LogP contribution < -0.4 is 0 Å². The van der Waals surface area contributed by atoms with Gasteiger partial charge in [0.2, 0.25) is 0 Å². The Bertz CT molecular complexity index is 434. The minimum absolute atomic E-state index is 0.00707. The molecule has 15 heavy (non-hydrogen) atoms. The minimum Gasteiger partial charge on any atom is -0.468 e. The topological polar surface area (TPSA) is 43.4 Å². The van der Waals surface area contributed by atoms with Gasteiger partial charge in [-0.15, -0.1) is 11.3 Å². The lowest BCUT2D eigenvalue weighted by molar-refractivity contribution is -0.139. The van der Waals surface area contributed by atoms with E-state index in [1.54, 1.807) is 11.4 Å². The molecule has 4 heteroatoms. The number of ketones is 1. The second kappa shape index (κ2) is 5.32. The molecule has 1 heterocycles. The highest BCUT2D eigenvalue weighted by atomic mass is 32.1. The average molecular weight is 222 g/mol. The van der Waals surface area contributed by atoms with Crippen molar-refractivity contribution in [1.82, 2.24) is 0 Å². The molecule has 1 aromatic rings. The number of ether oxygens (including phenoxy) is 1. The van der Waals surface area contributed by atoms with E-state index in [1.807, 2.05) is 0 Å². The van der Waals surface area contributed by atoms with Gasteiger partial charge in [-0.1, -0.05) is 11.8 Å². The van der Waals surface area contributed by atoms with Gasteiger partial charge in [0.05, 0.1) is 12.0 Å². The van der Waals surface area contributed by atoms with Crippen LogP contribution in [0.2, 0.25) is 0 Å². The van der Waals surface area contributed by atoms with Gasteiger partial charge in [0.25, 0.3) is 0 Å². The van der Waals surface area contributed by atoms with E-state index >= 15 is 0 Å². The molecular formula is C11H10O3S. The van der Waals surface area contributed by atoms with Gasteiger partial charge in [0, 0.05) is 5.56 Å². The number of thiophene rings is 1. The number of Topliss-reactive ketones (excluding diaryl/α,β-unsaturated/α-hetero) is 1. The van der Waals surface area contributed by atoms with Crippen LogP contribution in [0, 0.1) is 11.8 Å². The molecule has 3 nitrogen and oxygen atoms in total. The Hall–Kier alpha value is -1.60. The molecule has 0 aliphatic carbocycles. The number of hydrogen-bond acceptors (Lipinski definition) is 4. The molecule has 0 N–H and O–H groups in total. The second-order valence-corrected chi connectivity index (χ2v) is 3.69. The fourth-order valence-corrected chi connectivity index (χ4v) is 1.72. The zero-order valence-corrected chi connectivity index (χ0v) is 9.31. The maximum absolute atomic E-state index is 11.1. The maximum Gasteiger partial charge on any atom is 0.317 e. The summed E-state index contributed by atoms with van der Waals surface area (Å²) in [7, 11) is 1.32. The number of carbonyl (C=O) groups excluding carboxylic acids is 2. The van der Waals surface area contributed by atoms with Gasteiger partial charge in [-0.2, -0.15) is 0 Å². The van der Waals surface area contributed by atoms with E-state index in [0.29, 0.717) is 10.4 Å². The molecule has 0 aliphatic rings. The summed E-state index contributed by atoms with van der Waals surface area (Å²) in [6.07, 6.45) is 0.0453. The summed E-state index contributed by atoms with van der Waals surface area (Å²) in [5.41, 5.74) is 0.677. The SMILES string of the molecule is COC(=O)CC#Cc1ccsc1C(C)=O. The molecule has 1 aromatic heterocycles. The third-order valence-electron chi connectivity index (χ3n) is 1.67. The standard InChI is InChI=1S/C11H10O3S/c1-8(12)11-9(6-7-15-11)4-3-5-10(13)14-2/h6-7H,5H2,1-2H3. The van der Waals surface area contributed by atoms with Crippen molar-refractivity contribution in [3.63, 3.8) is 0 Å². The van der Waals surface area contributed by atoms with Crippen LogP contribution in [-0.4, -0.2) is 18.9 Å². The zero-order valence-electron chi connectivity index (χ0n) is 8.49. The van der Waals surface area contributed by atoms with Crippen molar-refractivity contribution in [2.24, 2.45) is 0 Å². The van der Waals surface area contributed by atoms with E-state index in [-0.39, 0.29) is 18.2 Å². The van der Waals surface area contributed by atoms with E-state index in [1.165, 1.54) is 25.4 Å². The Kier molecular flexibility index (Phi) is 4.07. The number of rotatable bonds is 2. The Labute approximate surface area is 92.1 Å². The molecule has 1 rings (SSSR count). The highest BCUT2D eigenvalue weighted by Crippen LogP contribution is 2.15. The van der Waals surface area contributed by atoms with Crippen molar-refractivity contribution >= 4 is 23.1 Å². The molecule has 0 aromatic carbocycles. The molecule has 0 saturated carbocycles. The summed E-state index contributed by atoms with van der Waals surface area (Å²) in [6.45, 7) is 1.50. The predicted octanol–water partition coefficient (Wildman–Crippen LogP) is 1.87. The van der Waals surface area contributed by atoms with Crippen LogP contribution in [0.1, 0.15) is 28.6 Å². The van der Waals surface area contributed by atoms with Crippen LogP contribution in [0.5, 0.6) is 0 Å². The van der Waals surface area contributed by atoms with Crippen LogP contribution in [-0.2, 0) is 9.53 Å². The van der Waals surface area contributed by atoms with Gasteiger partial charge in [0.15, 0.2) is 5.78 Å². The third kappa shape index (κ3) is 3.22. The van der Waals surface area contributed by atoms with Crippen LogP contribution in [0.15, 0.2) is 11.4 Å². The van der Waals surface area contributed by atoms with E-state index in [9.17, 15) is 9.59 Å². The second-order valence-electron chi connectivity index (χ2n) is 2.77. The fourth-order valence-electron chi connectivity index (χ4n) is 0.964. The summed E-state index contributed by atoms with van der Waals surface area (Å²) >= 11 is 1.35. The smallest absolute Gasteiger partial charge is 0.317 e. The maximum atomic E-state index is 11.1. The Morgan fingerprint density at radius 2 is 2.27 bits per heavy atom. The molecule has 0 atom stereocenters. The van der Waals surface area contributed by atoms with E-state index in [0.717, 1.165) is 0 Å². The Morgan fingerprint density at radius 3 is 2.87 bits per heavy atom. The van der Waals surface area contributed by atoms with Crippen LogP contribution in [0.25, 0.3) is 0 Å². The van der Waals surface area contributed by atoms with Crippen molar-refractivity contribution in [2.45, 2.75) is 13.3 Å². The van der Waals surface area contributed by atoms with E-state index in [2.05, 4.69) is 16.6 Å².